The second-order valence-electron chi connectivity index (χ2n) is 11.9. The maximum Gasteiger partial charge on any atom is 0.415 e. The number of amides is 2. The zero-order chi connectivity index (χ0) is 29.3. The lowest BCUT2D eigenvalue weighted by atomic mass is 10.0. The number of pyridine rings is 1. The van der Waals surface area contributed by atoms with Crippen molar-refractivity contribution < 1.29 is 23.8 Å². The summed E-state index contributed by atoms with van der Waals surface area (Å²) in [6.45, 7) is 5.04. The van der Waals surface area contributed by atoms with E-state index in [1.54, 1.807) is 24.1 Å². The van der Waals surface area contributed by atoms with E-state index < -0.39 is 5.60 Å². The Kier molecular flexibility index (Phi) is 5.86. The third-order valence-corrected chi connectivity index (χ3v) is 8.35. The fourth-order valence-electron chi connectivity index (χ4n) is 5.81. The number of aromatic nitrogens is 6. The van der Waals surface area contributed by atoms with E-state index in [0.717, 1.165) is 24.2 Å². The first-order valence-corrected chi connectivity index (χ1v) is 14.5. The first-order chi connectivity index (χ1) is 20.8. The summed E-state index contributed by atoms with van der Waals surface area (Å²) in [4.78, 5) is 49.8. The molecule has 2 saturated carbocycles. The molecular formula is C30H30N8O5. The van der Waals surface area contributed by atoms with Gasteiger partial charge in [0.15, 0.2) is 11.2 Å². The van der Waals surface area contributed by atoms with Crippen LogP contribution in [0, 0.1) is 19.8 Å². The Morgan fingerprint density at radius 3 is 2.74 bits per heavy atom. The number of fused-ring (bicyclic) bond motifs is 1. The molecule has 220 valence electrons. The number of hydrogen-bond acceptors (Lipinski definition) is 10. The highest BCUT2D eigenvalue weighted by atomic mass is 16.6. The number of nitrogens with zero attached hydrogens (tertiary/aromatic N) is 7. The molecule has 4 aromatic heterocycles. The van der Waals surface area contributed by atoms with Crippen molar-refractivity contribution >= 4 is 29.2 Å². The standard InChI is InChI=1S/C30H30N8O5/c1-16-5-6-31-26(32-16)21-8-22(21)28(39)36-24-9-25(34-17(2)33-24)42-12-20-11-37-10-19(18-3-4-18)7-23(27(37)35-20)38-13-30(14-41-15-30)43-29(38)40/h5-7,9-11,18,21-22H,3-4,8,12-15H2,1-2H3,(H,33,34,36,39)/t21-,22-/m0/s1. The van der Waals surface area contributed by atoms with Gasteiger partial charge in [-0.2, -0.15) is 4.98 Å². The number of nitrogens with one attached hydrogen (secondary N) is 1. The van der Waals surface area contributed by atoms with Crippen LogP contribution in [0.15, 0.2) is 36.8 Å². The van der Waals surface area contributed by atoms with Gasteiger partial charge in [-0.05, 0) is 56.7 Å². The molecule has 4 aromatic rings. The summed E-state index contributed by atoms with van der Waals surface area (Å²) in [5.41, 5.74) is 3.52. The van der Waals surface area contributed by atoms with E-state index in [1.807, 2.05) is 23.6 Å². The Labute approximate surface area is 246 Å². The zero-order valence-electron chi connectivity index (χ0n) is 23.8. The molecular weight excluding hydrogens is 552 g/mol. The van der Waals surface area contributed by atoms with Crippen LogP contribution >= 0.6 is 0 Å². The molecule has 2 amide bonds. The van der Waals surface area contributed by atoms with Gasteiger partial charge in [0.2, 0.25) is 11.8 Å². The van der Waals surface area contributed by atoms with Gasteiger partial charge in [-0.3, -0.25) is 9.69 Å². The molecule has 4 fully saturated rings. The van der Waals surface area contributed by atoms with Crippen LogP contribution in [0.4, 0.5) is 16.3 Å². The van der Waals surface area contributed by atoms with E-state index in [2.05, 4.69) is 37.5 Å². The first-order valence-electron chi connectivity index (χ1n) is 14.5. The molecule has 43 heavy (non-hydrogen) atoms. The van der Waals surface area contributed by atoms with Crippen LogP contribution in [0.3, 0.4) is 0 Å². The minimum absolute atomic E-state index is 0.00827. The van der Waals surface area contributed by atoms with Crippen molar-refractivity contribution in [1.29, 1.82) is 0 Å². The summed E-state index contributed by atoms with van der Waals surface area (Å²) in [5.74, 6) is 2.02. The minimum atomic E-state index is -0.574. The molecule has 2 atom stereocenters. The molecule has 6 heterocycles. The fraction of sp³-hybridized carbons (Fsp3) is 0.433. The van der Waals surface area contributed by atoms with E-state index >= 15 is 0 Å². The molecule has 13 heteroatoms. The van der Waals surface area contributed by atoms with Crippen molar-refractivity contribution in [3.8, 4) is 5.88 Å². The summed E-state index contributed by atoms with van der Waals surface area (Å²) in [5, 5.41) is 2.90. The van der Waals surface area contributed by atoms with E-state index in [1.165, 1.54) is 5.56 Å². The van der Waals surface area contributed by atoms with Crippen LogP contribution in [0.1, 0.15) is 59.7 Å². The number of hydrogen-bond donors (Lipinski definition) is 1. The lowest BCUT2D eigenvalue weighted by Crippen LogP contribution is -2.52. The Morgan fingerprint density at radius 1 is 1.14 bits per heavy atom. The average Bonchev–Trinajstić information content (AvgIpc) is 3.88. The number of ether oxygens (including phenoxy) is 3. The fourth-order valence-corrected chi connectivity index (χ4v) is 5.81. The Hall–Kier alpha value is -4.65. The number of carbonyl (C=O) groups is 2. The molecule has 2 saturated heterocycles. The average molecular weight is 583 g/mol. The molecule has 1 N–H and O–H groups in total. The van der Waals surface area contributed by atoms with Crippen LogP contribution < -0.4 is 15.0 Å². The maximum absolute atomic E-state index is 12.9. The van der Waals surface area contributed by atoms with Gasteiger partial charge in [0.1, 0.15) is 24.1 Å². The smallest absolute Gasteiger partial charge is 0.415 e. The third kappa shape index (κ3) is 4.92. The van der Waals surface area contributed by atoms with Crippen molar-refractivity contribution in [3.63, 3.8) is 0 Å². The topological polar surface area (TPSA) is 146 Å². The first kappa shape index (κ1) is 26.0. The Morgan fingerprint density at radius 2 is 2.00 bits per heavy atom. The van der Waals surface area contributed by atoms with Crippen LogP contribution in [0.5, 0.6) is 5.88 Å². The van der Waals surface area contributed by atoms with Crippen molar-refractivity contribution in [2.24, 2.45) is 5.92 Å². The molecule has 4 aliphatic rings. The number of aryl methyl sites for hydroxylation is 2. The predicted octanol–water partition coefficient (Wildman–Crippen LogP) is 3.46. The lowest BCUT2D eigenvalue weighted by molar-refractivity contribution is -0.155. The molecule has 2 aliphatic carbocycles. The van der Waals surface area contributed by atoms with Crippen LogP contribution in [-0.4, -0.2) is 66.7 Å². The van der Waals surface area contributed by atoms with Crippen LogP contribution in [0.25, 0.3) is 5.65 Å². The van der Waals surface area contributed by atoms with Gasteiger partial charge in [0, 0.05) is 42.2 Å². The summed E-state index contributed by atoms with van der Waals surface area (Å²) in [6.07, 6.45) is 8.28. The van der Waals surface area contributed by atoms with Gasteiger partial charge in [-0.15, -0.1) is 0 Å². The Bertz CT molecular complexity index is 1780. The third-order valence-electron chi connectivity index (χ3n) is 8.35. The molecule has 8 rings (SSSR count). The van der Waals surface area contributed by atoms with Gasteiger partial charge in [-0.25, -0.2) is 24.7 Å². The molecule has 1 spiro atoms. The highest BCUT2D eigenvalue weighted by molar-refractivity contribution is 5.95. The van der Waals surface area contributed by atoms with E-state index in [4.69, 9.17) is 19.2 Å². The van der Waals surface area contributed by atoms with Crippen LogP contribution in [-0.2, 0) is 20.9 Å². The zero-order valence-corrected chi connectivity index (χ0v) is 23.8. The normalized spacial score (nSPS) is 22.0. The second kappa shape index (κ2) is 9.69. The summed E-state index contributed by atoms with van der Waals surface area (Å²) in [6, 6.07) is 5.51. The van der Waals surface area contributed by atoms with E-state index in [-0.39, 0.29) is 30.4 Å². The molecule has 0 unspecified atom stereocenters. The molecule has 2 aliphatic heterocycles. The Balaban J connectivity index is 0.985. The van der Waals surface area contributed by atoms with Crippen molar-refractivity contribution in [2.75, 3.05) is 30.0 Å². The van der Waals surface area contributed by atoms with Crippen molar-refractivity contribution in [3.05, 3.63) is 65.4 Å². The SMILES string of the molecule is Cc1ccnc([C@H]2C[C@@H]2C(=O)Nc2cc(OCc3cn4cc(C5CC5)cc(N5CC6(COC6)OC5=O)c4n3)nc(C)n2)n1. The predicted molar refractivity (Wildman–Crippen MR) is 152 cm³/mol. The molecule has 0 bridgehead atoms. The number of rotatable bonds is 8. The molecule has 0 aromatic carbocycles. The van der Waals surface area contributed by atoms with E-state index in [9.17, 15) is 9.59 Å². The second-order valence-corrected chi connectivity index (χ2v) is 11.9. The van der Waals surface area contributed by atoms with Gasteiger partial charge in [-0.1, -0.05) is 0 Å². The lowest BCUT2D eigenvalue weighted by Gasteiger charge is -2.34. The largest absolute Gasteiger partial charge is 0.471 e. The van der Waals surface area contributed by atoms with Crippen molar-refractivity contribution in [1.82, 2.24) is 29.3 Å². The van der Waals surface area contributed by atoms with Gasteiger partial charge in [0.25, 0.3) is 0 Å². The maximum atomic E-state index is 12.9. The summed E-state index contributed by atoms with van der Waals surface area (Å²) < 4.78 is 19.0. The number of imidazole rings is 1. The highest BCUT2D eigenvalue weighted by Crippen LogP contribution is 2.46. The van der Waals surface area contributed by atoms with E-state index in [0.29, 0.717) is 66.8 Å². The van der Waals surface area contributed by atoms with Gasteiger partial charge in [0.05, 0.1) is 31.1 Å². The highest BCUT2D eigenvalue weighted by Gasteiger charge is 2.52. The quantitative estimate of drug-likeness (QED) is 0.328. The van der Waals surface area contributed by atoms with Gasteiger partial charge < -0.3 is 23.9 Å². The molecule has 0 radical (unpaired) electrons. The summed E-state index contributed by atoms with van der Waals surface area (Å²) in [7, 11) is 0. The van der Waals surface area contributed by atoms with Crippen molar-refractivity contribution in [2.45, 2.75) is 57.2 Å². The molecule has 13 nitrogen and oxygen atoms in total. The van der Waals surface area contributed by atoms with Crippen LogP contribution in [0.2, 0.25) is 0 Å². The van der Waals surface area contributed by atoms with Gasteiger partial charge >= 0.3 is 6.09 Å². The monoisotopic (exact) mass is 582 g/mol. The number of anilines is 2. The minimum Gasteiger partial charge on any atom is -0.471 e. The summed E-state index contributed by atoms with van der Waals surface area (Å²) >= 11 is 0. The number of carbonyl (C=O) groups excluding carboxylic acids is 2.